The fourth-order valence-corrected chi connectivity index (χ4v) is 1.37. The van der Waals surface area contributed by atoms with E-state index in [1.54, 1.807) is 6.20 Å². The summed E-state index contributed by atoms with van der Waals surface area (Å²) >= 11 is 4.87. The summed E-state index contributed by atoms with van der Waals surface area (Å²) in [5.74, 6) is 0.511. The molecule has 1 fully saturated rings. The Kier molecular flexibility index (Phi) is 2.58. The van der Waals surface area contributed by atoms with Crippen molar-refractivity contribution in [1.29, 1.82) is 0 Å². The van der Waals surface area contributed by atoms with Crippen LogP contribution in [-0.2, 0) is 0 Å². The predicted molar refractivity (Wildman–Crippen MR) is 56.2 cm³/mol. The summed E-state index contributed by atoms with van der Waals surface area (Å²) in [6.45, 7) is 0. The average Bonchev–Trinajstić information content (AvgIpc) is 2.12. The number of nitrogens with two attached hydrogens (primary N) is 1. The summed E-state index contributed by atoms with van der Waals surface area (Å²) < 4.78 is 5.62. The summed E-state index contributed by atoms with van der Waals surface area (Å²) in [5.41, 5.74) is 6.14. The number of aromatic nitrogens is 2. The van der Waals surface area contributed by atoms with Gasteiger partial charge in [0.1, 0.15) is 17.4 Å². The highest BCUT2D eigenvalue weighted by molar-refractivity contribution is 7.80. The first-order chi connectivity index (χ1) is 6.77. The summed E-state index contributed by atoms with van der Waals surface area (Å²) in [5, 5.41) is 0. The maximum absolute atomic E-state index is 5.62. The molecule has 0 amide bonds. The molecule has 2 rings (SSSR count). The van der Waals surface area contributed by atoms with E-state index in [2.05, 4.69) is 9.97 Å². The van der Waals surface area contributed by atoms with Crippen LogP contribution in [0.4, 0.5) is 0 Å². The molecular weight excluding hydrogens is 198 g/mol. The summed E-state index contributed by atoms with van der Waals surface area (Å²) in [6, 6.07) is 0. The van der Waals surface area contributed by atoms with E-state index >= 15 is 0 Å². The molecule has 0 aromatic carbocycles. The molecule has 0 radical (unpaired) electrons. The van der Waals surface area contributed by atoms with Crippen molar-refractivity contribution >= 4 is 17.2 Å². The smallest absolute Gasteiger partial charge is 0.227 e. The van der Waals surface area contributed by atoms with Crippen LogP contribution in [0.2, 0.25) is 0 Å². The molecule has 4 nitrogen and oxygen atoms in total. The van der Waals surface area contributed by atoms with Crippen LogP contribution in [-0.4, -0.2) is 21.1 Å². The van der Waals surface area contributed by atoms with Crippen molar-refractivity contribution in [3.8, 4) is 5.88 Å². The first-order valence-electron chi connectivity index (χ1n) is 4.54. The number of rotatable bonds is 3. The van der Waals surface area contributed by atoms with Crippen molar-refractivity contribution < 1.29 is 4.74 Å². The van der Waals surface area contributed by atoms with Gasteiger partial charge < -0.3 is 10.5 Å². The van der Waals surface area contributed by atoms with E-state index < -0.39 is 0 Å². The topological polar surface area (TPSA) is 61.0 Å². The van der Waals surface area contributed by atoms with Crippen molar-refractivity contribution in [2.24, 2.45) is 5.73 Å². The molecule has 0 unspecified atom stereocenters. The molecule has 1 aromatic heterocycles. The zero-order valence-corrected chi connectivity index (χ0v) is 8.46. The minimum Gasteiger partial charge on any atom is -0.474 e. The third-order valence-electron chi connectivity index (χ3n) is 2.27. The lowest BCUT2D eigenvalue weighted by atomic mass is 9.96. The summed E-state index contributed by atoms with van der Waals surface area (Å²) in [7, 11) is 0. The molecule has 0 saturated heterocycles. The lowest BCUT2D eigenvalue weighted by Crippen LogP contribution is -2.26. The first kappa shape index (κ1) is 9.33. The first-order valence-corrected chi connectivity index (χ1v) is 4.94. The molecule has 2 N–H and O–H groups in total. The van der Waals surface area contributed by atoms with Gasteiger partial charge >= 0.3 is 0 Å². The third-order valence-corrected chi connectivity index (χ3v) is 2.49. The van der Waals surface area contributed by atoms with Gasteiger partial charge in [-0.15, -0.1) is 0 Å². The minimum atomic E-state index is 0.276. The van der Waals surface area contributed by atoms with E-state index in [1.807, 2.05) is 0 Å². The van der Waals surface area contributed by atoms with Crippen molar-refractivity contribution in [2.75, 3.05) is 0 Å². The fourth-order valence-electron chi connectivity index (χ4n) is 1.23. The van der Waals surface area contributed by atoms with Crippen LogP contribution >= 0.6 is 12.2 Å². The molecule has 5 heteroatoms. The third kappa shape index (κ3) is 1.82. The van der Waals surface area contributed by atoms with Gasteiger partial charge in [0.15, 0.2) is 0 Å². The maximum Gasteiger partial charge on any atom is 0.227 e. The van der Waals surface area contributed by atoms with Gasteiger partial charge in [0.2, 0.25) is 5.88 Å². The highest BCUT2D eigenvalue weighted by Gasteiger charge is 2.21. The Morgan fingerprint density at radius 2 is 2.36 bits per heavy atom. The number of thiocarbonyl (C=S) groups is 1. The molecular formula is C9H11N3OS. The van der Waals surface area contributed by atoms with Gasteiger partial charge in [-0.25, -0.2) is 9.97 Å². The lowest BCUT2D eigenvalue weighted by molar-refractivity contribution is 0.114. The Hall–Kier alpha value is -1.23. The molecule has 0 bridgehead atoms. The fraction of sp³-hybridized carbons (Fsp3) is 0.444. The van der Waals surface area contributed by atoms with Crippen molar-refractivity contribution in [1.82, 2.24) is 9.97 Å². The molecule has 74 valence electrons. The van der Waals surface area contributed by atoms with E-state index in [4.69, 9.17) is 22.7 Å². The van der Waals surface area contributed by atoms with E-state index in [0.29, 0.717) is 11.4 Å². The van der Waals surface area contributed by atoms with Crippen LogP contribution in [0.25, 0.3) is 0 Å². The standard InChI is InChI=1S/C9H11N3OS/c10-8(14)7-4-11-5-12-9(7)13-6-2-1-3-6/h4-6H,1-3H2,(H2,10,14). The van der Waals surface area contributed by atoms with Crippen LogP contribution in [0, 0.1) is 0 Å². The van der Waals surface area contributed by atoms with E-state index in [0.717, 1.165) is 12.8 Å². The van der Waals surface area contributed by atoms with Gasteiger partial charge in [-0.1, -0.05) is 12.2 Å². The molecule has 1 aliphatic carbocycles. The van der Waals surface area contributed by atoms with Crippen LogP contribution in [0.1, 0.15) is 24.8 Å². The molecule has 1 aromatic rings. The largest absolute Gasteiger partial charge is 0.474 e. The van der Waals surface area contributed by atoms with Crippen LogP contribution in [0.5, 0.6) is 5.88 Å². The van der Waals surface area contributed by atoms with Gasteiger partial charge in [0.25, 0.3) is 0 Å². The zero-order chi connectivity index (χ0) is 9.97. The zero-order valence-electron chi connectivity index (χ0n) is 7.64. The Morgan fingerprint density at radius 1 is 1.57 bits per heavy atom. The number of hydrogen-bond acceptors (Lipinski definition) is 4. The summed E-state index contributed by atoms with van der Waals surface area (Å²) in [4.78, 5) is 8.16. The van der Waals surface area contributed by atoms with Crippen LogP contribution in [0.3, 0.4) is 0 Å². The Labute approximate surface area is 87.5 Å². The number of nitrogens with zero attached hydrogens (tertiary/aromatic N) is 2. The quantitative estimate of drug-likeness (QED) is 0.754. The van der Waals surface area contributed by atoms with Crippen molar-refractivity contribution in [2.45, 2.75) is 25.4 Å². The number of ether oxygens (including phenoxy) is 1. The highest BCUT2D eigenvalue weighted by atomic mass is 32.1. The predicted octanol–water partition coefficient (Wildman–Crippen LogP) is 1.04. The van der Waals surface area contributed by atoms with E-state index in [9.17, 15) is 0 Å². The van der Waals surface area contributed by atoms with Crippen LogP contribution in [0.15, 0.2) is 12.5 Å². The van der Waals surface area contributed by atoms with Gasteiger partial charge in [0, 0.05) is 6.20 Å². The second kappa shape index (κ2) is 3.88. The van der Waals surface area contributed by atoms with E-state index in [-0.39, 0.29) is 11.1 Å². The molecule has 1 heterocycles. The minimum absolute atomic E-state index is 0.276. The molecule has 0 aliphatic heterocycles. The molecule has 1 saturated carbocycles. The number of hydrogen-bond donors (Lipinski definition) is 1. The second-order valence-electron chi connectivity index (χ2n) is 3.28. The Bertz CT molecular complexity index is 352. The highest BCUT2D eigenvalue weighted by Crippen LogP contribution is 2.25. The van der Waals surface area contributed by atoms with E-state index in [1.165, 1.54) is 12.7 Å². The molecule has 14 heavy (non-hydrogen) atoms. The molecule has 0 atom stereocenters. The van der Waals surface area contributed by atoms with Crippen LogP contribution < -0.4 is 10.5 Å². The lowest BCUT2D eigenvalue weighted by Gasteiger charge is -2.26. The van der Waals surface area contributed by atoms with Gasteiger partial charge in [-0.3, -0.25) is 0 Å². The average molecular weight is 209 g/mol. The Morgan fingerprint density at radius 3 is 2.93 bits per heavy atom. The van der Waals surface area contributed by atoms with Crippen molar-refractivity contribution in [3.05, 3.63) is 18.1 Å². The van der Waals surface area contributed by atoms with Gasteiger partial charge in [0.05, 0.1) is 5.56 Å². The maximum atomic E-state index is 5.62. The second-order valence-corrected chi connectivity index (χ2v) is 3.72. The van der Waals surface area contributed by atoms with Gasteiger partial charge in [-0.05, 0) is 19.3 Å². The van der Waals surface area contributed by atoms with Crippen molar-refractivity contribution in [3.63, 3.8) is 0 Å². The normalized spacial score (nSPS) is 16.0. The molecule has 0 spiro atoms. The van der Waals surface area contributed by atoms with Gasteiger partial charge in [-0.2, -0.15) is 0 Å². The molecule has 1 aliphatic rings. The Balaban J connectivity index is 2.17. The monoisotopic (exact) mass is 209 g/mol. The SMILES string of the molecule is NC(=S)c1cncnc1OC1CCC1. The summed E-state index contributed by atoms with van der Waals surface area (Å²) in [6.07, 6.45) is 6.69.